The fraction of sp³-hybridized carbons (Fsp3) is 0.647. The van der Waals surface area contributed by atoms with Crippen LogP contribution in [0.25, 0.3) is 0 Å². The molecule has 0 spiro atoms. The highest BCUT2D eigenvalue weighted by atomic mass is 15.1. The van der Waals surface area contributed by atoms with Crippen LogP contribution in [-0.2, 0) is 13.1 Å². The quantitative estimate of drug-likeness (QED) is 0.748. The molecule has 1 aromatic carbocycles. The first-order valence-electron chi connectivity index (χ1n) is 7.59. The Bertz CT molecular complexity index is 374. The predicted octanol–water partition coefficient (Wildman–Crippen LogP) is 2.43. The maximum absolute atomic E-state index is 3.54. The molecule has 0 heterocycles. The van der Waals surface area contributed by atoms with Crippen LogP contribution in [0.4, 0.5) is 0 Å². The van der Waals surface area contributed by atoms with E-state index in [1.165, 1.54) is 11.1 Å². The highest BCUT2D eigenvalue weighted by molar-refractivity contribution is 5.26. The molecule has 20 heavy (non-hydrogen) atoms. The van der Waals surface area contributed by atoms with Crippen LogP contribution in [0, 0.1) is 5.92 Å². The number of hydrogen-bond acceptors (Lipinski definition) is 3. The lowest BCUT2D eigenvalue weighted by atomic mass is 10.1. The summed E-state index contributed by atoms with van der Waals surface area (Å²) in [5.74, 6) is 0.699. The lowest BCUT2D eigenvalue weighted by Gasteiger charge is -2.21. The molecule has 0 radical (unpaired) electrons. The summed E-state index contributed by atoms with van der Waals surface area (Å²) in [6.45, 7) is 9.75. The maximum Gasteiger partial charge on any atom is 0.0234 e. The molecule has 0 saturated carbocycles. The Morgan fingerprint density at radius 3 is 2.25 bits per heavy atom. The molecule has 0 atom stereocenters. The van der Waals surface area contributed by atoms with Crippen LogP contribution in [-0.4, -0.2) is 50.6 Å². The summed E-state index contributed by atoms with van der Waals surface area (Å²) in [4.78, 5) is 4.62. The molecule has 0 fully saturated rings. The zero-order valence-electron chi connectivity index (χ0n) is 13.8. The highest BCUT2D eigenvalue weighted by Crippen LogP contribution is 2.11. The van der Waals surface area contributed by atoms with Gasteiger partial charge in [-0.15, -0.1) is 0 Å². The molecule has 0 unspecified atom stereocenters. The van der Waals surface area contributed by atoms with E-state index in [0.717, 1.165) is 32.7 Å². The average Bonchev–Trinajstić information content (AvgIpc) is 2.38. The van der Waals surface area contributed by atoms with E-state index in [9.17, 15) is 0 Å². The zero-order valence-corrected chi connectivity index (χ0v) is 13.8. The van der Waals surface area contributed by atoms with Gasteiger partial charge in [0.15, 0.2) is 0 Å². The van der Waals surface area contributed by atoms with Crippen LogP contribution >= 0.6 is 0 Å². The second-order valence-corrected chi connectivity index (χ2v) is 6.33. The first-order valence-corrected chi connectivity index (χ1v) is 7.59. The molecule has 1 rings (SSSR count). The van der Waals surface area contributed by atoms with Gasteiger partial charge in [-0.3, -0.25) is 0 Å². The van der Waals surface area contributed by atoms with Gasteiger partial charge in [0, 0.05) is 26.2 Å². The predicted molar refractivity (Wildman–Crippen MR) is 87.9 cm³/mol. The normalized spacial score (nSPS) is 11.8. The molecule has 1 aromatic rings. The summed E-state index contributed by atoms with van der Waals surface area (Å²) in [7, 11) is 6.44. The molecule has 0 bridgehead atoms. The SMILES string of the molecule is CC(C)CNCc1ccccc1CN(C)CCN(C)C. The van der Waals surface area contributed by atoms with E-state index < -0.39 is 0 Å². The molecule has 0 aliphatic heterocycles. The maximum atomic E-state index is 3.54. The summed E-state index contributed by atoms with van der Waals surface area (Å²) in [6, 6.07) is 8.76. The number of nitrogens with one attached hydrogen (secondary N) is 1. The Morgan fingerprint density at radius 1 is 1.00 bits per heavy atom. The van der Waals surface area contributed by atoms with Crippen LogP contribution in [0.2, 0.25) is 0 Å². The molecular formula is C17H31N3. The van der Waals surface area contributed by atoms with Gasteiger partial charge in [-0.25, -0.2) is 0 Å². The molecule has 0 aromatic heterocycles. The van der Waals surface area contributed by atoms with Gasteiger partial charge in [-0.2, -0.15) is 0 Å². The third kappa shape index (κ3) is 7.04. The van der Waals surface area contributed by atoms with Gasteiger partial charge in [0.25, 0.3) is 0 Å². The van der Waals surface area contributed by atoms with Crippen molar-refractivity contribution in [3.05, 3.63) is 35.4 Å². The monoisotopic (exact) mass is 277 g/mol. The van der Waals surface area contributed by atoms with E-state index in [1.807, 2.05) is 0 Å². The van der Waals surface area contributed by atoms with Crippen molar-refractivity contribution < 1.29 is 0 Å². The molecule has 114 valence electrons. The molecule has 1 N–H and O–H groups in total. The standard InChI is InChI=1S/C17H31N3/c1-15(2)12-18-13-16-8-6-7-9-17(16)14-20(5)11-10-19(3)4/h6-9,15,18H,10-14H2,1-5H3. The average molecular weight is 277 g/mol. The summed E-state index contributed by atoms with van der Waals surface area (Å²) in [5, 5.41) is 3.54. The Morgan fingerprint density at radius 2 is 1.65 bits per heavy atom. The van der Waals surface area contributed by atoms with Crippen molar-refractivity contribution in [2.45, 2.75) is 26.9 Å². The van der Waals surface area contributed by atoms with Crippen LogP contribution < -0.4 is 5.32 Å². The van der Waals surface area contributed by atoms with E-state index in [0.29, 0.717) is 5.92 Å². The molecule has 3 nitrogen and oxygen atoms in total. The van der Waals surface area contributed by atoms with Crippen LogP contribution in [0.5, 0.6) is 0 Å². The third-order valence-electron chi connectivity index (χ3n) is 3.36. The number of hydrogen-bond donors (Lipinski definition) is 1. The van der Waals surface area contributed by atoms with E-state index >= 15 is 0 Å². The minimum atomic E-state index is 0.699. The minimum Gasteiger partial charge on any atom is -0.312 e. The van der Waals surface area contributed by atoms with Crippen molar-refractivity contribution in [2.75, 3.05) is 40.8 Å². The molecular weight excluding hydrogens is 246 g/mol. The van der Waals surface area contributed by atoms with Crippen LogP contribution in [0.1, 0.15) is 25.0 Å². The Balaban J connectivity index is 2.51. The fourth-order valence-electron chi connectivity index (χ4n) is 2.12. The van der Waals surface area contributed by atoms with Gasteiger partial charge in [0.05, 0.1) is 0 Å². The van der Waals surface area contributed by atoms with Gasteiger partial charge >= 0.3 is 0 Å². The number of rotatable bonds is 9. The lowest BCUT2D eigenvalue weighted by molar-refractivity contribution is 0.275. The molecule has 0 saturated heterocycles. The Labute approximate surface area is 125 Å². The number of likely N-dealkylation sites (N-methyl/N-ethyl adjacent to an activating group) is 2. The topological polar surface area (TPSA) is 18.5 Å². The first kappa shape index (κ1) is 17.2. The number of benzene rings is 1. The molecule has 3 heteroatoms. The van der Waals surface area contributed by atoms with Crippen LogP contribution in [0.3, 0.4) is 0 Å². The second-order valence-electron chi connectivity index (χ2n) is 6.33. The minimum absolute atomic E-state index is 0.699. The second kappa shape index (κ2) is 9.11. The van der Waals surface area contributed by atoms with Crippen molar-refractivity contribution >= 4 is 0 Å². The Hall–Kier alpha value is -0.900. The van der Waals surface area contributed by atoms with Crippen LogP contribution in [0.15, 0.2) is 24.3 Å². The first-order chi connectivity index (χ1) is 9.49. The third-order valence-corrected chi connectivity index (χ3v) is 3.36. The van der Waals surface area contributed by atoms with Crippen molar-refractivity contribution in [1.29, 1.82) is 0 Å². The van der Waals surface area contributed by atoms with E-state index in [4.69, 9.17) is 0 Å². The van der Waals surface area contributed by atoms with Gasteiger partial charge < -0.3 is 15.1 Å². The van der Waals surface area contributed by atoms with Gasteiger partial charge in [-0.1, -0.05) is 38.1 Å². The van der Waals surface area contributed by atoms with Crippen molar-refractivity contribution in [3.8, 4) is 0 Å². The van der Waals surface area contributed by atoms with Gasteiger partial charge in [-0.05, 0) is 44.7 Å². The smallest absolute Gasteiger partial charge is 0.0234 e. The Kier molecular flexibility index (Phi) is 7.82. The van der Waals surface area contributed by atoms with Crippen molar-refractivity contribution in [1.82, 2.24) is 15.1 Å². The summed E-state index contributed by atoms with van der Waals surface area (Å²) in [5.41, 5.74) is 2.86. The van der Waals surface area contributed by atoms with Gasteiger partial charge in [0.2, 0.25) is 0 Å². The van der Waals surface area contributed by atoms with E-state index in [1.54, 1.807) is 0 Å². The fourth-order valence-corrected chi connectivity index (χ4v) is 2.12. The number of nitrogens with zero attached hydrogens (tertiary/aromatic N) is 2. The lowest BCUT2D eigenvalue weighted by Crippen LogP contribution is -2.29. The van der Waals surface area contributed by atoms with Crippen molar-refractivity contribution in [2.24, 2.45) is 5.92 Å². The molecule has 0 aliphatic carbocycles. The van der Waals surface area contributed by atoms with Gasteiger partial charge in [0.1, 0.15) is 0 Å². The zero-order chi connectivity index (χ0) is 15.0. The summed E-state index contributed by atoms with van der Waals surface area (Å²) < 4.78 is 0. The molecule has 0 aliphatic rings. The summed E-state index contributed by atoms with van der Waals surface area (Å²) >= 11 is 0. The molecule has 0 amide bonds. The summed E-state index contributed by atoms with van der Waals surface area (Å²) in [6.07, 6.45) is 0. The van der Waals surface area contributed by atoms with Crippen molar-refractivity contribution in [3.63, 3.8) is 0 Å². The van der Waals surface area contributed by atoms with E-state index in [2.05, 4.69) is 74.4 Å². The largest absolute Gasteiger partial charge is 0.312 e. The highest BCUT2D eigenvalue weighted by Gasteiger charge is 2.06. The van der Waals surface area contributed by atoms with E-state index in [-0.39, 0.29) is 0 Å².